The molecule has 28 heavy (non-hydrogen) atoms. The maximum absolute atomic E-state index is 14.2. The molecule has 2 rings (SSSR count). The summed E-state index contributed by atoms with van der Waals surface area (Å²) < 4.78 is 28.4. The first-order valence-electron chi connectivity index (χ1n) is 7.10. The molecule has 0 amide bonds. The van der Waals surface area contributed by atoms with Gasteiger partial charge in [0.2, 0.25) is 0 Å². The van der Waals surface area contributed by atoms with Gasteiger partial charge in [-0.2, -0.15) is 0 Å². The molecule has 9 nitrogen and oxygen atoms in total. The number of ketones is 1. The third kappa shape index (κ3) is 3.53. The van der Waals surface area contributed by atoms with E-state index in [1.165, 1.54) is 0 Å². The van der Waals surface area contributed by atoms with Crippen LogP contribution in [0.1, 0.15) is 57.4 Å². The van der Waals surface area contributed by atoms with Gasteiger partial charge < -0.3 is 20.4 Å². The number of halogens is 2. The third-order valence-electron chi connectivity index (χ3n) is 3.63. The minimum Gasteiger partial charge on any atom is -0.478 e. The van der Waals surface area contributed by atoms with Gasteiger partial charge in [0.1, 0.15) is 11.6 Å². The van der Waals surface area contributed by atoms with Crippen LogP contribution in [0.25, 0.3) is 0 Å². The zero-order valence-corrected chi connectivity index (χ0v) is 13.4. The molecule has 0 aliphatic heterocycles. The molecule has 4 N–H and O–H groups in total. The van der Waals surface area contributed by atoms with Crippen molar-refractivity contribution >= 4 is 29.7 Å². The Morgan fingerprint density at radius 1 is 0.500 bits per heavy atom. The maximum Gasteiger partial charge on any atom is 0.336 e. The van der Waals surface area contributed by atoms with Crippen LogP contribution in [0.3, 0.4) is 0 Å². The van der Waals surface area contributed by atoms with Crippen molar-refractivity contribution in [1.82, 2.24) is 0 Å². The molecule has 2 aromatic carbocycles. The number of carbonyl (C=O) groups is 5. The van der Waals surface area contributed by atoms with Gasteiger partial charge in [-0.05, 0) is 24.3 Å². The number of hydrogen-bond donors (Lipinski definition) is 4. The lowest BCUT2D eigenvalue weighted by molar-refractivity contribution is 0.0650. The molecule has 0 saturated heterocycles. The molecule has 144 valence electrons. The summed E-state index contributed by atoms with van der Waals surface area (Å²) in [4.78, 5) is 56.8. The van der Waals surface area contributed by atoms with Crippen LogP contribution in [0.2, 0.25) is 0 Å². The summed E-state index contributed by atoms with van der Waals surface area (Å²) in [5.74, 6) is -11.7. The van der Waals surface area contributed by atoms with Crippen molar-refractivity contribution < 1.29 is 53.2 Å². The van der Waals surface area contributed by atoms with E-state index in [4.69, 9.17) is 20.4 Å². The largest absolute Gasteiger partial charge is 0.478 e. The van der Waals surface area contributed by atoms with Gasteiger partial charge in [0.05, 0.1) is 33.4 Å². The number of aromatic carboxylic acids is 4. The number of hydrogen-bond acceptors (Lipinski definition) is 5. The average Bonchev–Trinajstić information content (AvgIpc) is 2.59. The van der Waals surface area contributed by atoms with Crippen LogP contribution < -0.4 is 0 Å². The number of benzene rings is 2. The van der Waals surface area contributed by atoms with Crippen molar-refractivity contribution in [3.8, 4) is 0 Å². The predicted molar refractivity (Wildman–Crippen MR) is 84.1 cm³/mol. The molecule has 0 spiro atoms. The zero-order valence-electron chi connectivity index (χ0n) is 13.4. The molecular formula is C17H8F2O9. The van der Waals surface area contributed by atoms with E-state index in [-0.39, 0.29) is 12.1 Å². The third-order valence-corrected chi connectivity index (χ3v) is 3.63. The van der Waals surface area contributed by atoms with Crippen molar-refractivity contribution in [1.29, 1.82) is 0 Å². The highest BCUT2D eigenvalue weighted by Gasteiger charge is 2.27. The summed E-state index contributed by atoms with van der Waals surface area (Å²) in [6, 6.07) is 1.24. The monoisotopic (exact) mass is 394 g/mol. The Morgan fingerprint density at radius 2 is 0.750 bits per heavy atom. The van der Waals surface area contributed by atoms with Crippen LogP contribution >= 0.6 is 0 Å². The normalized spacial score (nSPS) is 10.4. The highest BCUT2D eigenvalue weighted by Crippen LogP contribution is 2.24. The Balaban J connectivity index is 2.73. The number of carboxylic acids is 4. The predicted octanol–water partition coefficient (Wildman–Crippen LogP) is 1.99. The minimum absolute atomic E-state index is 0.251. The second kappa shape index (κ2) is 7.23. The molecule has 2 aromatic rings. The standard InChI is InChI=1S/C17H8F2O9/c18-11-3-7(16(25)26)5(14(21)22)1-9(11)13(20)10-2-6(15(23)24)8(17(27)28)4-12(10)19/h1-4H,(H,21,22)(H,23,24)(H,25,26)(H,27,28). The molecule has 11 heteroatoms. The van der Waals surface area contributed by atoms with Gasteiger partial charge in [-0.15, -0.1) is 0 Å². The van der Waals surface area contributed by atoms with E-state index in [0.29, 0.717) is 12.1 Å². The second-order valence-corrected chi connectivity index (χ2v) is 5.31. The van der Waals surface area contributed by atoms with Crippen molar-refractivity contribution in [3.63, 3.8) is 0 Å². The summed E-state index contributed by atoms with van der Waals surface area (Å²) in [6.07, 6.45) is 0. The van der Waals surface area contributed by atoms with Crippen LogP contribution in [0.4, 0.5) is 8.78 Å². The quantitative estimate of drug-likeness (QED) is 0.536. The summed E-state index contributed by atoms with van der Waals surface area (Å²) >= 11 is 0. The highest BCUT2D eigenvalue weighted by atomic mass is 19.1. The first-order chi connectivity index (χ1) is 13.0. The average molecular weight is 394 g/mol. The van der Waals surface area contributed by atoms with E-state index < -0.39 is 74.7 Å². The summed E-state index contributed by atoms with van der Waals surface area (Å²) in [5.41, 5.74) is -5.93. The molecule has 0 bridgehead atoms. The molecule has 0 aliphatic carbocycles. The van der Waals surface area contributed by atoms with Gasteiger partial charge in [-0.3, -0.25) is 4.79 Å². The van der Waals surface area contributed by atoms with E-state index in [0.717, 1.165) is 0 Å². The Kier molecular flexibility index (Phi) is 5.21. The van der Waals surface area contributed by atoms with E-state index in [1.54, 1.807) is 0 Å². The Morgan fingerprint density at radius 3 is 1.00 bits per heavy atom. The first kappa shape index (κ1) is 20.2. The zero-order chi connectivity index (χ0) is 21.3. The van der Waals surface area contributed by atoms with Crippen molar-refractivity contribution in [3.05, 3.63) is 69.3 Å². The lowest BCUT2D eigenvalue weighted by atomic mass is 9.94. The Bertz CT molecular complexity index is 989. The van der Waals surface area contributed by atoms with Crippen LogP contribution in [0.15, 0.2) is 24.3 Å². The molecule has 0 heterocycles. The van der Waals surface area contributed by atoms with Gasteiger partial charge >= 0.3 is 23.9 Å². The Labute approximate surface area is 153 Å². The minimum atomic E-state index is -1.81. The van der Waals surface area contributed by atoms with E-state index in [2.05, 4.69) is 0 Å². The molecular weight excluding hydrogens is 386 g/mol. The molecule has 0 radical (unpaired) electrons. The van der Waals surface area contributed by atoms with Gasteiger partial charge in [-0.1, -0.05) is 0 Å². The molecule has 0 unspecified atom stereocenters. The van der Waals surface area contributed by atoms with E-state index in [1.807, 2.05) is 0 Å². The van der Waals surface area contributed by atoms with Gasteiger partial charge in [-0.25, -0.2) is 28.0 Å². The fourth-order valence-corrected chi connectivity index (χ4v) is 2.35. The van der Waals surface area contributed by atoms with E-state index >= 15 is 0 Å². The molecule has 0 saturated carbocycles. The fourth-order valence-electron chi connectivity index (χ4n) is 2.35. The maximum atomic E-state index is 14.2. The van der Waals surface area contributed by atoms with Crippen molar-refractivity contribution in [2.75, 3.05) is 0 Å². The van der Waals surface area contributed by atoms with Gasteiger partial charge in [0, 0.05) is 0 Å². The smallest absolute Gasteiger partial charge is 0.336 e. The number of carbonyl (C=O) groups excluding carboxylic acids is 1. The number of carboxylic acid groups (broad SMARTS) is 4. The second-order valence-electron chi connectivity index (χ2n) is 5.31. The molecule has 0 aromatic heterocycles. The van der Waals surface area contributed by atoms with Crippen LogP contribution in [-0.2, 0) is 0 Å². The lowest BCUT2D eigenvalue weighted by Crippen LogP contribution is -2.16. The molecule has 0 fully saturated rings. The van der Waals surface area contributed by atoms with Gasteiger partial charge in [0.15, 0.2) is 5.78 Å². The van der Waals surface area contributed by atoms with E-state index in [9.17, 15) is 32.8 Å². The summed E-state index contributed by atoms with van der Waals surface area (Å²) in [6.45, 7) is 0. The SMILES string of the molecule is O=C(c1cc(C(=O)O)c(C(=O)O)cc1F)c1cc(C(=O)O)c(C(=O)O)cc1F. The fraction of sp³-hybridized carbons (Fsp3) is 0. The number of rotatable bonds is 6. The van der Waals surface area contributed by atoms with Crippen LogP contribution in [0, 0.1) is 11.6 Å². The topological polar surface area (TPSA) is 166 Å². The van der Waals surface area contributed by atoms with Crippen molar-refractivity contribution in [2.45, 2.75) is 0 Å². The first-order valence-corrected chi connectivity index (χ1v) is 7.10. The van der Waals surface area contributed by atoms with Crippen LogP contribution in [0.5, 0.6) is 0 Å². The highest BCUT2D eigenvalue weighted by molar-refractivity contribution is 6.13. The summed E-state index contributed by atoms with van der Waals surface area (Å²) in [7, 11) is 0. The molecule has 0 atom stereocenters. The van der Waals surface area contributed by atoms with Crippen molar-refractivity contribution in [2.24, 2.45) is 0 Å². The van der Waals surface area contributed by atoms with Gasteiger partial charge in [0.25, 0.3) is 0 Å². The van der Waals surface area contributed by atoms with Crippen LogP contribution in [-0.4, -0.2) is 50.1 Å². The molecule has 0 aliphatic rings. The lowest BCUT2D eigenvalue weighted by Gasteiger charge is -2.10. The Hall–Kier alpha value is -4.15. The summed E-state index contributed by atoms with van der Waals surface area (Å²) in [5, 5.41) is 35.9.